The predicted molar refractivity (Wildman–Crippen MR) is 134 cm³/mol. The number of allylic oxidation sites excluding steroid dienone is 1. The normalized spacial score (nSPS) is 22.8. The first-order chi connectivity index (χ1) is 16.5. The topological polar surface area (TPSA) is 102 Å². The molecule has 2 aromatic rings. The maximum atomic E-state index is 13.9. The van der Waals surface area contributed by atoms with Gasteiger partial charge in [-0.3, -0.25) is 14.5 Å². The summed E-state index contributed by atoms with van der Waals surface area (Å²) in [6, 6.07) is 12.4. The van der Waals surface area contributed by atoms with Gasteiger partial charge in [-0.2, -0.15) is 0 Å². The summed E-state index contributed by atoms with van der Waals surface area (Å²) >= 11 is 6.46. The van der Waals surface area contributed by atoms with E-state index in [9.17, 15) is 14.4 Å². The van der Waals surface area contributed by atoms with Gasteiger partial charge in [0.1, 0.15) is 16.8 Å². The molecule has 2 aromatic carbocycles. The van der Waals surface area contributed by atoms with Crippen molar-refractivity contribution in [2.45, 2.75) is 39.0 Å². The molecule has 180 valence electrons. The molecule has 7 nitrogen and oxygen atoms in total. The van der Waals surface area contributed by atoms with Crippen molar-refractivity contribution in [2.75, 3.05) is 17.3 Å². The fraction of sp³-hybridized carbons (Fsp3) is 0.296. The average molecular weight is 492 g/mol. The van der Waals surface area contributed by atoms with E-state index in [0.717, 1.165) is 5.56 Å². The Morgan fingerprint density at radius 1 is 1.11 bits per heavy atom. The van der Waals surface area contributed by atoms with Crippen LogP contribution in [0, 0.1) is 12.3 Å². The van der Waals surface area contributed by atoms with Crippen LogP contribution in [0.2, 0.25) is 5.02 Å². The highest BCUT2D eigenvalue weighted by molar-refractivity contribution is 6.31. The summed E-state index contributed by atoms with van der Waals surface area (Å²) < 4.78 is 5.16. The summed E-state index contributed by atoms with van der Waals surface area (Å²) in [5, 5.41) is 3.39. The second-order valence-corrected chi connectivity index (χ2v) is 10.4. The van der Waals surface area contributed by atoms with E-state index in [1.54, 1.807) is 41.3 Å². The molecule has 0 saturated carbocycles. The fourth-order valence-corrected chi connectivity index (χ4v) is 5.88. The highest BCUT2D eigenvalue weighted by Gasteiger charge is 2.62. The van der Waals surface area contributed by atoms with E-state index in [-0.39, 0.29) is 34.6 Å². The van der Waals surface area contributed by atoms with Gasteiger partial charge in [-0.25, -0.2) is 4.79 Å². The number of hydrogen-bond acceptors (Lipinski definition) is 6. The van der Waals surface area contributed by atoms with Crippen molar-refractivity contribution in [3.05, 3.63) is 81.3 Å². The Hall–Kier alpha value is -3.58. The largest absolute Gasteiger partial charge is 0.466 e. The molecule has 35 heavy (non-hydrogen) atoms. The summed E-state index contributed by atoms with van der Waals surface area (Å²) in [6.45, 7) is 5.85. The van der Waals surface area contributed by atoms with Gasteiger partial charge in [-0.15, -0.1) is 0 Å². The zero-order valence-electron chi connectivity index (χ0n) is 20.0. The van der Waals surface area contributed by atoms with Gasteiger partial charge in [0, 0.05) is 34.0 Å². The predicted octanol–water partition coefficient (Wildman–Crippen LogP) is 4.35. The number of ether oxygens (including phenoxy) is 1. The molecule has 1 atom stereocenters. The number of benzene rings is 2. The highest BCUT2D eigenvalue weighted by atomic mass is 35.5. The SMILES string of the molecule is COC(=O)C1=C(N)N(c2cccc(Cl)c2C)C2=C(C(=O)CC(C)(C)C2)C12C(=O)Nc1ccccc12. The van der Waals surface area contributed by atoms with Crippen LogP contribution < -0.4 is 16.0 Å². The molecule has 0 aromatic heterocycles. The molecule has 1 unspecified atom stereocenters. The van der Waals surface area contributed by atoms with Crippen molar-refractivity contribution in [2.24, 2.45) is 11.1 Å². The van der Waals surface area contributed by atoms with Crippen molar-refractivity contribution >= 4 is 40.6 Å². The van der Waals surface area contributed by atoms with Crippen molar-refractivity contribution < 1.29 is 19.1 Å². The Bertz CT molecular complexity index is 1390. The first-order valence-electron chi connectivity index (χ1n) is 11.4. The minimum atomic E-state index is -1.71. The summed E-state index contributed by atoms with van der Waals surface area (Å²) in [5.41, 5.74) is 7.89. The molecule has 3 N–H and O–H groups in total. The number of carbonyl (C=O) groups is 3. The van der Waals surface area contributed by atoms with Gasteiger partial charge in [-0.1, -0.05) is 49.7 Å². The quantitative estimate of drug-likeness (QED) is 0.606. The Kier molecular flexibility index (Phi) is 5.11. The van der Waals surface area contributed by atoms with Crippen LogP contribution in [0.3, 0.4) is 0 Å². The van der Waals surface area contributed by atoms with Gasteiger partial charge in [-0.05, 0) is 42.5 Å². The molecule has 0 radical (unpaired) electrons. The molecule has 0 fully saturated rings. The van der Waals surface area contributed by atoms with Gasteiger partial charge >= 0.3 is 5.97 Å². The average Bonchev–Trinajstić information content (AvgIpc) is 3.07. The molecular weight excluding hydrogens is 466 g/mol. The number of nitrogens with one attached hydrogen (secondary N) is 1. The van der Waals surface area contributed by atoms with Crippen molar-refractivity contribution in [3.8, 4) is 0 Å². The van der Waals surface area contributed by atoms with E-state index in [1.807, 2.05) is 26.8 Å². The van der Waals surface area contributed by atoms with Crippen LogP contribution in [-0.4, -0.2) is 24.8 Å². The zero-order chi connectivity index (χ0) is 25.3. The molecule has 1 spiro atoms. The molecular formula is C27H26ClN3O4. The third kappa shape index (κ3) is 3.07. The number of halogens is 1. The minimum Gasteiger partial charge on any atom is -0.466 e. The van der Waals surface area contributed by atoms with Crippen LogP contribution >= 0.6 is 11.6 Å². The number of nitrogens with zero attached hydrogens (tertiary/aromatic N) is 1. The van der Waals surface area contributed by atoms with Crippen LogP contribution in [0.1, 0.15) is 37.8 Å². The molecule has 8 heteroatoms. The highest BCUT2D eigenvalue weighted by Crippen LogP contribution is 2.57. The molecule has 2 aliphatic heterocycles. The van der Waals surface area contributed by atoms with E-state index in [4.69, 9.17) is 22.1 Å². The summed E-state index contributed by atoms with van der Waals surface area (Å²) in [4.78, 5) is 42.9. The number of amides is 1. The Morgan fingerprint density at radius 2 is 1.83 bits per heavy atom. The second kappa shape index (κ2) is 7.71. The number of anilines is 2. The number of Topliss-reactive ketones (excluding diaryl/α,β-unsaturated/α-hetero) is 1. The number of para-hydroxylation sites is 1. The first kappa shape index (κ1) is 23.2. The fourth-order valence-electron chi connectivity index (χ4n) is 5.71. The lowest BCUT2D eigenvalue weighted by Crippen LogP contribution is -2.54. The lowest BCUT2D eigenvalue weighted by atomic mass is 9.60. The van der Waals surface area contributed by atoms with Crippen LogP contribution in [-0.2, 0) is 24.5 Å². The number of ketones is 1. The van der Waals surface area contributed by atoms with Gasteiger partial charge in [0.15, 0.2) is 5.78 Å². The van der Waals surface area contributed by atoms with Crippen LogP contribution in [0.15, 0.2) is 65.1 Å². The monoisotopic (exact) mass is 491 g/mol. The molecule has 0 bridgehead atoms. The second-order valence-electron chi connectivity index (χ2n) is 9.98. The number of hydrogen-bond donors (Lipinski definition) is 2. The maximum Gasteiger partial charge on any atom is 0.339 e. The number of carbonyl (C=O) groups excluding carboxylic acids is 3. The van der Waals surface area contributed by atoms with E-state index < -0.39 is 17.3 Å². The van der Waals surface area contributed by atoms with Crippen LogP contribution in [0.5, 0.6) is 0 Å². The lowest BCUT2D eigenvalue weighted by Gasteiger charge is -2.47. The summed E-state index contributed by atoms with van der Waals surface area (Å²) in [5.74, 6) is -1.44. The lowest BCUT2D eigenvalue weighted by molar-refractivity contribution is -0.138. The van der Waals surface area contributed by atoms with E-state index in [0.29, 0.717) is 34.1 Å². The molecule has 5 rings (SSSR count). The number of esters is 1. The van der Waals surface area contributed by atoms with E-state index in [2.05, 4.69) is 5.32 Å². The standard InChI is InChI=1S/C27H26ClN3O4/c1-14-16(28)9-7-11-18(14)31-19-12-26(2,3)13-20(32)21(19)27(22(23(31)29)24(33)35-4)15-8-5-6-10-17(15)30-25(27)34/h5-11H,12-13,29H2,1-4H3,(H,30,34). The van der Waals surface area contributed by atoms with Gasteiger partial charge in [0.2, 0.25) is 5.91 Å². The molecule has 3 aliphatic rings. The van der Waals surface area contributed by atoms with E-state index >= 15 is 0 Å². The van der Waals surface area contributed by atoms with Crippen molar-refractivity contribution in [1.82, 2.24) is 0 Å². The number of rotatable bonds is 2. The maximum absolute atomic E-state index is 13.9. The Balaban J connectivity index is 1.95. The zero-order valence-corrected chi connectivity index (χ0v) is 20.7. The molecule has 1 amide bonds. The smallest absolute Gasteiger partial charge is 0.339 e. The van der Waals surface area contributed by atoms with Gasteiger partial charge < -0.3 is 15.8 Å². The van der Waals surface area contributed by atoms with Crippen LogP contribution in [0.25, 0.3) is 0 Å². The third-order valence-corrected chi connectivity index (χ3v) is 7.57. The molecule has 0 saturated heterocycles. The van der Waals surface area contributed by atoms with Gasteiger partial charge in [0.25, 0.3) is 0 Å². The van der Waals surface area contributed by atoms with Gasteiger partial charge in [0.05, 0.1) is 12.8 Å². The number of nitrogens with two attached hydrogens (primary N) is 1. The summed E-state index contributed by atoms with van der Waals surface area (Å²) in [7, 11) is 1.24. The first-order valence-corrected chi connectivity index (χ1v) is 11.7. The van der Waals surface area contributed by atoms with Crippen molar-refractivity contribution in [3.63, 3.8) is 0 Å². The Labute approximate surface area is 208 Å². The number of fused-ring (bicyclic) bond motifs is 3. The van der Waals surface area contributed by atoms with Crippen molar-refractivity contribution in [1.29, 1.82) is 0 Å². The third-order valence-electron chi connectivity index (χ3n) is 7.16. The minimum absolute atomic E-state index is 0.0401. The number of methoxy groups -OCH3 is 1. The summed E-state index contributed by atoms with van der Waals surface area (Å²) in [6.07, 6.45) is 0.687. The van der Waals surface area contributed by atoms with Crippen LogP contribution in [0.4, 0.5) is 11.4 Å². The molecule has 2 heterocycles. The molecule has 1 aliphatic carbocycles. The Morgan fingerprint density at radius 3 is 2.54 bits per heavy atom. The van der Waals surface area contributed by atoms with E-state index in [1.165, 1.54) is 7.11 Å².